The fraction of sp³-hybridized carbons (Fsp3) is 0.684. The van der Waals surface area contributed by atoms with Gasteiger partial charge in [0, 0.05) is 44.9 Å². The second-order valence-corrected chi connectivity index (χ2v) is 6.02. The highest BCUT2D eigenvalue weighted by Crippen LogP contribution is 2.24. The Morgan fingerprint density at radius 1 is 1.19 bits per heavy atom. The van der Waals surface area contributed by atoms with Crippen LogP contribution in [-0.4, -0.2) is 60.3 Å². The Morgan fingerprint density at radius 3 is 2.11 bits per heavy atom. The summed E-state index contributed by atoms with van der Waals surface area (Å²) in [6.07, 6.45) is 0.186. The van der Waals surface area contributed by atoms with Crippen LogP contribution in [0.4, 0.5) is 13.2 Å². The van der Waals surface area contributed by atoms with Crippen molar-refractivity contribution in [3.05, 3.63) is 23.5 Å². The third-order valence-corrected chi connectivity index (χ3v) is 3.81. The topological polar surface area (TPSA) is 61.9 Å². The molecular formula is C19H33F3N4O. The van der Waals surface area contributed by atoms with Crippen LogP contribution < -0.4 is 5.73 Å². The van der Waals surface area contributed by atoms with E-state index in [4.69, 9.17) is 5.73 Å². The zero-order valence-corrected chi connectivity index (χ0v) is 17.0. The third-order valence-electron chi connectivity index (χ3n) is 3.81. The summed E-state index contributed by atoms with van der Waals surface area (Å²) in [5, 5.41) is 0. The quantitative estimate of drug-likeness (QED) is 0.703. The van der Waals surface area contributed by atoms with Crippen LogP contribution >= 0.6 is 0 Å². The van der Waals surface area contributed by atoms with Crippen LogP contribution in [0.5, 0.6) is 0 Å². The van der Waals surface area contributed by atoms with Gasteiger partial charge >= 0.3 is 6.18 Å². The van der Waals surface area contributed by atoms with Crippen LogP contribution in [-0.2, 0) is 4.79 Å². The Hall–Kier alpha value is -1.83. The van der Waals surface area contributed by atoms with Gasteiger partial charge in [-0.25, -0.2) is 4.99 Å². The highest BCUT2D eigenvalue weighted by atomic mass is 19.4. The number of nitrogens with zero attached hydrogens (tertiary/aromatic N) is 3. The van der Waals surface area contributed by atoms with E-state index in [0.717, 1.165) is 12.3 Å². The van der Waals surface area contributed by atoms with E-state index in [-0.39, 0.29) is 11.9 Å². The molecule has 0 aliphatic carbocycles. The normalized spacial score (nSPS) is 17.7. The van der Waals surface area contributed by atoms with Gasteiger partial charge in [-0.15, -0.1) is 0 Å². The molecule has 156 valence electrons. The number of halogens is 3. The highest BCUT2D eigenvalue weighted by Gasteiger charge is 2.32. The lowest BCUT2D eigenvalue weighted by Crippen LogP contribution is -2.48. The number of piperazine rings is 1. The lowest BCUT2D eigenvalue weighted by molar-refractivity contribution is -0.133. The first-order chi connectivity index (χ1) is 12.7. The van der Waals surface area contributed by atoms with Crippen LogP contribution in [0.25, 0.3) is 0 Å². The minimum atomic E-state index is -4.42. The Bertz CT molecular complexity index is 532. The van der Waals surface area contributed by atoms with E-state index < -0.39 is 11.7 Å². The molecule has 1 atom stereocenters. The monoisotopic (exact) mass is 390 g/mol. The zero-order chi connectivity index (χ0) is 21.0. The fourth-order valence-electron chi connectivity index (χ4n) is 2.48. The zero-order valence-electron chi connectivity index (χ0n) is 17.0. The number of rotatable bonds is 6. The Balaban J connectivity index is 0.00000326. The maximum absolute atomic E-state index is 12.8. The average Bonchev–Trinajstić information content (AvgIpc) is 2.61. The van der Waals surface area contributed by atoms with Gasteiger partial charge in [-0.2, -0.15) is 13.2 Å². The van der Waals surface area contributed by atoms with E-state index in [0.29, 0.717) is 44.8 Å². The first-order valence-corrected chi connectivity index (χ1v) is 9.45. The molecule has 5 nitrogen and oxygen atoms in total. The SMILES string of the molecule is CC.C\C=C(/C=N\C(=C\CC)N1CCN(C(=O)CC(C)N)CC1)C(F)(F)F. The number of allylic oxidation sites excluding steroid dienone is 3. The number of hydrogen-bond acceptors (Lipinski definition) is 4. The van der Waals surface area contributed by atoms with Gasteiger partial charge in [0.1, 0.15) is 5.82 Å². The molecular weight excluding hydrogens is 357 g/mol. The largest absolute Gasteiger partial charge is 0.417 e. The van der Waals surface area contributed by atoms with Gasteiger partial charge in [-0.05, 0) is 26.3 Å². The van der Waals surface area contributed by atoms with Gasteiger partial charge in [0.05, 0.1) is 5.57 Å². The Labute approximate surface area is 160 Å². The van der Waals surface area contributed by atoms with Crippen LogP contribution in [0.1, 0.15) is 47.5 Å². The number of carbonyl (C=O) groups is 1. The van der Waals surface area contributed by atoms with Crippen molar-refractivity contribution in [3.63, 3.8) is 0 Å². The molecule has 1 heterocycles. The number of amides is 1. The average molecular weight is 390 g/mol. The molecule has 1 amide bonds. The molecule has 1 aliphatic rings. The Morgan fingerprint density at radius 2 is 1.70 bits per heavy atom. The summed E-state index contributed by atoms with van der Waals surface area (Å²) < 4.78 is 38.4. The second kappa shape index (κ2) is 12.5. The van der Waals surface area contributed by atoms with Gasteiger partial charge in [-0.3, -0.25) is 4.79 Å². The second-order valence-electron chi connectivity index (χ2n) is 6.02. The van der Waals surface area contributed by atoms with Crippen LogP contribution in [0.2, 0.25) is 0 Å². The number of carbonyl (C=O) groups excluding carboxylic acids is 1. The van der Waals surface area contributed by atoms with Gasteiger partial charge in [0.15, 0.2) is 0 Å². The predicted molar refractivity (Wildman–Crippen MR) is 104 cm³/mol. The van der Waals surface area contributed by atoms with Crippen LogP contribution in [0, 0.1) is 0 Å². The molecule has 0 aromatic carbocycles. The summed E-state index contributed by atoms with van der Waals surface area (Å²) in [7, 11) is 0. The van der Waals surface area contributed by atoms with Crippen LogP contribution in [0.3, 0.4) is 0 Å². The molecule has 0 spiro atoms. The van der Waals surface area contributed by atoms with Crippen molar-refractivity contribution in [2.24, 2.45) is 10.7 Å². The van der Waals surface area contributed by atoms with E-state index in [1.165, 1.54) is 6.92 Å². The molecule has 1 unspecified atom stereocenters. The van der Waals surface area contributed by atoms with Gasteiger partial charge < -0.3 is 15.5 Å². The standard InChI is InChI=1S/C17H27F3N4O.C2H6/c1-4-6-15(22-12-14(5-2)17(18,19)20)23-7-9-24(10-8-23)16(25)11-13(3)21;1-2/h5-6,12-13H,4,7-11,21H2,1-3H3;1-2H3/b14-5+,15-6-,22-12-;. The number of aliphatic imine (C=N–C) groups is 1. The maximum Gasteiger partial charge on any atom is 0.417 e. The molecule has 0 radical (unpaired) electrons. The molecule has 27 heavy (non-hydrogen) atoms. The molecule has 1 rings (SSSR count). The molecule has 1 saturated heterocycles. The van der Waals surface area contributed by atoms with E-state index in [1.54, 1.807) is 17.9 Å². The first-order valence-electron chi connectivity index (χ1n) is 9.45. The molecule has 8 heteroatoms. The molecule has 0 aromatic heterocycles. The van der Waals surface area contributed by atoms with Crippen molar-refractivity contribution >= 4 is 12.1 Å². The highest BCUT2D eigenvalue weighted by molar-refractivity contribution is 5.81. The summed E-state index contributed by atoms with van der Waals surface area (Å²) in [5.74, 6) is 0.512. The van der Waals surface area contributed by atoms with Crippen molar-refractivity contribution in [2.45, 2.75) is 59.7 Å². The van der Waals surface area contributed by atoms with Crippen molar-refractivity contribution in [2.75, 3.05) is 26.2 Å². The van der Waals surface area contributed by atoms with Crippen molar-refractivity contribution in [1.29, 1.82) is 0 Å². The molecule has 0 bridgehead atoms. The lowest BCUT2D eigenvalue weighted by atomic mass is 10.2. The molecule has 0 saturated carbocycles. The first kappa shape index (κ1) is 25.2. The summed E-state index contributed by atoms with van der Waals surface area (Å²) in [5.41, 5.74) is 4.87. The van der Waals surface area contributed by atoms with Gasteiger partial charge in [0.25, 0.3) is 0 Å². The van der Waals surface area contributed by atoms with Crippen molar-refractivity contribution in [1.82, 2.24) is 9.80 Å². The van der Waals surface area contributed by atoms with E-state index >= 15 is 0 Å². The Kier molecular flexibility index (Phi) is 11.7. The lowest BCUT2D eigenvalue weighted by Gasteiger charge is -2.36. The summed E-state index contributed by atoms with van der Waals surface area (Å²) >= 11 is 0. The summed E-state index contributed by atoms with van der Waals surface area (Å²) in [6, 6.07) is -0.188. The molecule has 1 aliphatic heterocycles. The van der Waals surface area contributed by atoms with E-state index in [9.17, 15) is 18.0 Å². The number of nitrogens with two attached hydrogens (primary N) is 1. The fourth-order valence-corrected chi connectivity index (χ4v) is 2.48. The minimum Gasteiger partial charge on any atom is -0.353 e. The molecule has 0 aromatic rings. The molecule has 1 fully saturated rings. The third kappa shape index (κ3) is 9.08. The smallest absolute Gasteiger partial charge is 0.353 e. The van der Waals surface area contributed by atoms with Crippen molar-refractivity contribution in [3.8, 4) is 0 Å². The predicted octanol–water partition coefficient (Wildman–Crippen LogP) is 3.72. The van der Waals surface area contributed by atoms with Crippen LogP contribution in [0.15, 0.2) is 28.5 Å². The van der Waals surface area contributed by atoms with Gasteiger partial charge in [-0.1, -0.05) is 26.8 Å². The van der Waals surface area contributed by atoms with E-state index in [2.05, 4.69) is 4.99 Å². The number of alkyl halides is 3. The summed E-state index contributed by atoms with van der Waals surface area (Å²) in [6.45, 7) is 11.1. The van der Waals surface area contributed by atoms with Crippen molar-refractivity contribution < 1.29 is 18.0 Å². The summed E-state index contributed by atoms with van der Waals surface area (Å²) in [4.78, 5) is 19.7. The minimum absolute atomic E-state index is 0.00689. The van der Waals surface area contributed by atoms with Gasteiger partial charge in [0.2, 0.25) is 5.91 Å². The van der Waals surface area contributed by atoms with E-state index in [1.807, 2.05) is 25.7 Å². The maximum atomic E-state index is 12.8. The molecule has 2 N–H and O–H groups in total. The number of hydrogen-bond donors (Lipinski definition) is 1.